The molecule has 0 aromatic carbocycles. The van der Waals surface area contributed by atoms with Crippen LogP contribution in [-0.2, 0) is 4.74 Å². The third-order valence-electron chi connectivity index (χ3n) is 2.60. The Balaban J connectivity index is 2.10. The normalized spacial score (nSPS) is 17.4. The van der Waals surface area contributed by atoms with Crippen LogP contribution in [0.5, 0.6) is 0 Å². The molecule has 0 radical (unpaired) electrons. The van der Waals surface area contributed by atoms with E-state index in [1.54, 1.807) is 0 Å². The summed E-state index contributed by atoms with van der Waals surface area (Å²) in [6.45, 7) is 2.33. The van der Waals surface area contributed by atoms with Crippen LogP contribution in [0.3, 0.4) is 0 Å². The van der Waals surface area contributed by atoms with Crippen molar-refractivity contribution in [2.24, 2.45) is 5.92 Å². The van der Waals surface area contributed by atoms with Crippen LogP contribution in [0.25, 0.3) is 0 Å². The van der Waals surface area contributed by atoms with E-state index in [-0.39, 0.29) is 0 Å². The summed E-state index contributed by atoms with van der Waals surface area (Å²) in [5.74, 6) is 0.444. The van der Waals surface area contributed by atoms with Crippen molar-refractivity contribution in [1.82, 2.24) is 4.90 Å². The van der Waals surface area contributed by atoms with Gasteiger partial charge in [0.25, 0.3) is 0 Å². The highest BCUT2D eigenvalue weighted by Gasteiger charge is 2.21. The Labute approximate surface area is 89.2 Å². The average Bonchev–Trinajstić information content (AvgIpc) is 2.25. The van der Waals surface area contributed by atoms with Gasteiger partial charge in [-0.3, -0.25) is 0 Å². The van der Waals surface area contributed by atoms with Crippen LogP contribution in [0.15, 0.2) is 0 Å². The molecule has 15 heavy (non-hydrogen) atoms. The van der Waals surface area contributed by atoms with E-state index >= 15 is 0 Å². The molecule has 1 aliphatic heterocycles. The molecule has 1 heterocycles. The number of amides is 1. The van der Waals surface area contributed by atoms with Crippen molar-refractivity contribution < 1.29 is 14.6 Å². The van der Waals surface area contributed by atoms with E-state index in [0.29, 0.717) is 38.6 Å². The number of piperidine rings is 1. The van der Waals surface area contributed by atoms with Crippen molar-refractivity contribution in [3.8, 4) is 6.07 Å². The van der Waals surface area contributed by atoms with Crippen LogP contribution in [0.1, 0.15) is 19.3 Å². The van der Waals surface area contributed by atoms with E-state index in [4.69, 9.17) is 15.1 Å². The monoisotopic (exact) mass is 212 g/mol. The molecule has 0 aliphatic carbocycles. The predicted molar refractivity (Wildman–Crippen MR) is 53.4 cm³/mol. The standard InChI is InChI=1S/C10H16N2O3/c11-4-1-7-15-8-9-2-5-12(6-3-9)10(13)14/h9H,1-3,5-8H2,(H,13,14). The topological polar surface area (TPSA) is 73.6 Å². The van der Waals surface area contributed by atoms with Crippen LogP contribution < -0.4 is 0 Å². The summed E-state index contributed by atoms with van der Waals surface area (Å²) >= 11 is 0. The van der Waals surface area contributed by atoms with Crippen molar-refractivity contribution >= 4 is 6.09 Å². The highest BCUT2D eigenvalue weighted by Crippen LogP contribution is 2.17. The Morgan fingerprint density at radius 1 is 1.53 bits per heavy atom. The van der Waals surface area contributed by atoms with Gasteiger partial charge < -0.3 is 14.7 Å². The van der Waals surface area contributed by atoms with Crippen LogP contribution >= 0.6 is 0 Å². The lowest BCUT2D eigenvalue weighted by Crippen LogP contribution is -2.38. The molecule has 0 spiro atoms. The van der Waals surface area contributed by atoms with Crippen LogP contribution in [0.4, 0.5) is 4.79 Å². The summed E-state index contributed by atoms with van der Waals surface area (Å²) in [6, 6.07) is 2.02. The first-order valence-corrected chi connectivity index (χ1v) is 5.16. The summed E-state index contributed by atoms with van der Waals surface area (Å²) in [5.41, 5.74) is 0. The molecular weight excluding hydrogens is 196 g/mol. The SMILES string of the molecule is N#CCCOCC1CCN(C(=O)O)CC1. The summed E-state index contributed by atoms with van der Waals surface area (Å²) < 4.78 is 5.32. The Morgan fingerprint density at radius 2 is 2.20 bits per heavy atom. The highest BCUT2D eigenvalue weighted by molar-refractivity contribution is 5.64. The zero-order valence-electron chi connectivity index (χ0n) is 8.69. The summed E-state index contributed by atoms with van der Waals surface area (Å²) in [5, 5.41) is 17.0. The second-order valence-electron chi connectivity index (χ2n) is 3.70. The minimum atomic E-state index is -0.834. The lowest BCUT2D eigenvalue weighted by molar-refractivity contribution is 0.0677. The van der Waals surface area contributed by atoms with Gasteiger partial charge in [0.1, 0.15) is 0 Å². The Bertz CT molecular complexity index is 242. The van der Waals surface area contributed by atoms with E-state index < -0.39 is 6.09 Å². The molecule has 1 saturated heterocycles. The molecule has 0 aromatic heterocycles. The zero-order chi connectivity index (χ0) is 11.1. The van der Waals surface area contributed by atoms with Gasteiger partial charge in [0.2, 0.25) is 0 Å². The molecule has 84 valence electrons. The largest absolute Gasteiger partial charge is 0.465 e. The van der Waals surface area contributed by atoms with Gasteiger partial charge >= 0.3 is 6.09 Å². The van der Waals surface area contributed by atoms with Crippen molar-refractivity contribution in [2.75, 3.05) is 26.3 Å². The fraction of sp³-hybridized carbons (Fsp3) is 0.800. The van der Waals surface area contributed by atoms with Crippen molar-refractivity contribution in [3.63, 3.8) is 0 Å². The lowest BCUT2D eigenvalue weighted by Gasteiger charge is -2.29. The fourth-order valence-corrected chi connectivity index (χ4v) is 1.66. The number of hydrogen-bond acceptors (Lipinski definition) is 3. The van der Waals surface area contributed by atoms with E-state index in [9.17, 15) is 4.79 Å². The number of likely N-dealkylation sites (tertiary alicyclic amines) is 1. The summed E-state index contributed by atoms with van der Waals surface area (Å²) in [4.78, 5) is 12.1. The van der Waals surface area contributed by atoms with E-state index in [1.165, 1.54) is 4.90 Å². The van der Waals surface area contributed by atoms with E-state index in [2.05, 4.69) is 0 Å². The van der Waals surface area contributed by atoms with Gasteiger partial charge in [-0.15, -0.1) is 0 Å². The van der Waals surface area contributed by atoms with Crippen LogP contribution in [0.2, 0.25) is 0 Å². The summed E-state index contributed by atoms with van der Waals surface area (Å²) in [7, 11) is 0. The maximum Gasteiger partial charge on any atom is 0.407 e. The molecule has 0 atom stereocenters. The smallest absolute Gasteiger partial charge is 0.407 e. The maximum atomic E-state index is 10.6. The number of carboxylic acid groups (broad SMARTS) is 1. The van der Waals surface area contributed by atoms with Crippen molar-refractivity contribution in [1.29, 1.82) is 5.26 Å². The number of nitrogens with zero attached hydrogens (tertiary/aromatic N) is 2. The number of rotatable bonds is 4. The number of hydrogen-bond donors (Lipinski definition) is 1. The van der Waals surface area contributed by atoms with Crippen molar-refractivity contribution in [3.05, 3.63) is 0 Å². The number of carbonyl (C=O) groups is 1. The van der Waals surface area contributed by atoms with E-state index in [0.717, 1.165) is 12.8 Å². The van der Waals surface area contributed by atoms with Crippen molar-refractivity contribution in [2.45, 2.75) is 19.3 Å². The van der Waals surface area contributed by atoms with Crippen LogP contribution in [0, 0.1) is 17.2 Å². The first-order chi connectivity index (χ1) is 7.24. The predicted octanol–water partition coefficient (Wildman–Crippen LogP) is 1.31. The molecule has 1 aliphatic rings. The molecule has 0 saturated carbocycles. The molecule has 1 amide bonds. The van der Waals surface area contributed by atoms with Gasteiger partial charge in [-0.1, -0.05) is 0 Å². The van der Waals surface area contributed by atoms with Gasteiger partial charge in [-0.05, 0) is 18.8 Å². The molecule has 1 rings (SSSR count). The van der Waals surface area contributed by atoms with Gasteiger partial charge in [-0.25, -0.2) is 4.79 Å². The molecule has 0 bridgehead atoms. The minimum Gasteiger partial charge on any atom is -0.465 e. The quantitative estimate of drug-likeness (QED) is 0.713. The molecule has 0 unspecified atom stereocenters. The molecule has 1 N–H and O–H groups in total. The van der Waals surface area contributed by atoms with Gasteiger partial charge in [0, 0.05) is 19.7 Å². The Hall–Kier alpha value is -1.28. The van der Waals surface area contributed by atoms with Gasteiger partial charge in [0.05, 0.1) is 19.1 Å². The molecule has 0 aromatic rings. The third-order valence-corrected chi connectivity index (χ3v) is 2.60. The van der Waals surface area contributed by atoms with Gasteiger partial charge in [0.15, 0.2) is 0 Å². The maximum absolute atomic E-state index is 10.6. The number of ether oxygens (including phenoxy) is 1. The third kappa shape index (κ3) is 4.17. The highest BCUT2D eigenvalue weighted by atomic mass is 16.5. The lowest BCUT2D eigenvalue weighted by atomic mass is 9.98. The second kappa shape index (κ2) is 6.25. The first kappa shape index (κ1) is 11.8. The first-order valence-electron chi connectivity index (χ1n) is 5.16. The van der Waals surface area contributed by atoms with E-state index in [1.807, 2.05) is 6.07 Å². The number of nitriles is 1. The van der Waals surface area contributed by atoms with Crippen LogP contribution in [-0.4, -0.2) is 42.4 Å². The summed E-state index contributed by atoms with van der Waals surface area (Å²) in [6.07, 6.45) is 1.31. The fourth-order valence-electron chi connectivity index (χ4n) is 1.66. The van der Waals surface area contributed by atoms with Gasteiger partial charge in [-0.2, -0.15) is 5.26 Å². The Kier molecular flexibility index (Phi) is 4.91. The Morgan fingerprint density at radius 3 is 2.73 bits per heavy atom. The molecular formula is C10H16N2O3. The molecule has 5 nitrogen and oxygen atoms in total. The molecule has 1 fully saturated rings. The molecule has 5 heteroatoms. The minimum absolute atomic E-state index is 0.425. The zero-order valence-corrected chi connectivity index (χ0v) is 8.69. The second-order valence-corrected chi connectivity index (χ2v) is 3.70. The average molecular weight is 212 g/mol.